The third-order valence-corrected chi connectivity index (χ3v) is 4.00. The molecule has 2 aromatic rings. The molecule has 0 heterocycles. The Balaban J connectivity index is 2.07. The third-order valence-electron chi connectivity index (χ3n) is 4.00. The minimum atomic E-state index is -4.35. The van der Waals surface area contributed by atoms with E-state index in [-0.39, 0.29) is 12.2 Å². The Labute approximate surface area is 120 Å². The van der Waals surface area contributed by atoms with Crippen LogP contribution in [0, 0.1) is 5.82 Å². The molecule has 2 aromatic carbocycles. The standard InChI is InChI=1S/C17H14F4/c18-13-7-4-11(5-8-13)10-15-14-3-1-2-12(14)6-9-16(15)17(19,20)21/h4-9H,1-3,10H2. The quantitative estimate of drug-likeness (QED) is 0.689. The zero-order valence-corrected chi connectivity index (χ0v) is 11.3. The van der Waals surface area contributed by atoms with Crippen LogP contribution in [0.1, 0.15) is 34.2 Å². The van der Waals surface area contributed by atoms with Gasteiger partial charge in [-0.25, -0.2) is 4.39 Å². The first-order valence-electron chi connectivity index (χ1n) is 6.90. The third kappa shape index (κ3) is 2.80. The summed E-state index contributed by atoms with van der Waals surface area (Å²) in [6, 6.07) is 8.44. The van der Waals surface area contributed by atoms with Crippen molar-refractivity contribution in [2.45, 2.75) is 31.9 Å². The van der Waals surface area contributed by atoms with Crippen molar-refractivity contribution in [3.63, 3.8) is 0 Å². The van der Waals surface area contributed by atoms with Crippen LogP contribution >= 0.6 is 0 Å². The van der Waals surface area contributed by atoms with Gasteiger partial charge in [0.15, 0.2) is 0 Å². The molecule has 0 aromatic heterocycles. The Bertz CT molecular complexity index is 654. The molecule has 0 atom stereocenters. The maximum absolute atomic E-state index is 13.2. The SMILES string of the molecule is Fc1ccc(Cc2c(C(F)(F)F)ccc3c2CCC3)cc1. The van der Waals surface area contributed by atoms with E-state index in [9.17, 15) is 17.6 Å². The molecular formula is C17H14F4. The molecular weight excluding hydrogens is 280 g/mol. The smallest absolute Gasteiger partial charge is 0.207 e. The van der Waals surface area contributed by atoms with E-state index in [0.29, 0.717) is 17.5 Å². The number of halogens is 4. The Morgan fingerprint density at radius 3 is 2.29 bits per heavy atom. The lowest BCUT2D eigenvalue weighted by atomic mass is 9.92. The van der Waals surface area contributed by atoms with Crippen LogP contribution in [-0.2, 0) is 25.4 Å². The highest BCUT2D eigenvalue weighted by molar-refractivity contribution is 5.47. The zero-order chi connectivity index (χ0) is 15.0. The van der Waals surface area contributed by atoms with Crippen LogP contribution in [0.4, 0.5) is 17.6 Å². The highest BCUT2D eigenvalue weighted by Gasteiger charge is 2.35. The van der Waals surface area contributed by atoms with Gasteiger partial charge in [-0.1, -0.05) is 18.2 Å². The Morgan fingerprint density at radius 1 is 0.905 bits per heavy atom. The highest BCUT2D eigenvalue weighted by atomic mass is 19.4. The molecule has 3 rings (SSSR count). The van der Waals surface area contributed by atoms with Gasteiger partial charge in [-0.3, -0.25) is 0 Å². The minimum Gasteiger partial charge on any atom is -0.207 e. The Morgan fingerprint density at radius 2 is 1.62 bits per heavy atom. The van der Waals surface area contributed by atoms with Crippen LogP contribution in [0.15, 0.2) is 36.4 Å². The fourth-order valence-corrected chi connectivity index (χ4v) is 3.02. The largest absolute Gasteiger partial charge is 0.416 e. The Kier molecular flexibility index (Phi) is 3.47. The second-order valence-corrected chi connectivity index (χ2v) is 5.38. The van der Waals surface area contributed by atoms with Crippen LogP contribution < -0.4 is 0 Å². The number of benzene rings is 2. The predicted octanol–water partition coefficient (Wildman–Crippen LogP) is 4.92. The molecule has 21 heavy (non-hydrogen) atoms. The number of hydrogen-bond donors (Lipinski definition) is 0. The van der Waals surface area contributed by atoms with Gasteiger partial charge in [0.2, 0.25) is 0 Å². The molecule has 0 nitrogen and oxygen atoms in total. The van der Waals surface area contributed by atoms with Gasteiger partial charge in [0, 0.05) is 0 Å². The summed E-state index contributed by atoms with van der Waals surface area (Å²) >= 11 is 0. The van der Waals surface area contributed by atoms with Gasteiger partial charge in [-0.15, -0.1) is 0 Å². The van der Waals surface area contributed by atoms with E-state index in [1.807, 2.05) is 0 Å². The maximum Gasteiger partial charge on any atom is 0.416 e. The summed E-state index contributed by atoms with van der Waals surface area (Å²) in [5.74, 6) is -0.381. The summed E-state index contributed by atoms with van der Waals surface area (Å²) in [6.45, 7) is 0. The molecule has 0 fully saturated rings. The van der Waals surface area contributed by atoms with Crippen molar-refractivity contribution in [1.82, 2.24) is 0 Å². The first-order valence-corrected chi connectivity index (χ1v) is 6.90. The van der Waals surface area contributed by atoms with Crippen molar-refractivity contribution in [2.24, 2.45) is 0 Å². The van der Waals surface area contributed by atoms with E-state index in [1.165, 1.54) is 18.2 Å². The molecule has 0 amide bonds. The summed E-state index contributed by atoms with van der Waals surface area (Å²) < 4.78 is 52.6. The van der Waals surface area contributed by atoms with E-state index in [1.54, 1.807) is 18.2 Å². The highest BCUT2D eigenvalue weighted by Crippen LogP contribution is 2.38. The molecule has 1 aliphatic rings. The molecule has 4 heteroatoms. The Hall–Kier alpha value is -1.84. The average molecular weight is 294 g/mol. The number of fused-ring (bicyclic) bond motifs is 1. The van der Waals surface area contributed by atoms with Crippen LogP contribution in [0.2, 0.25) is 0 Å². The van der Waals surface area contributed by atoms with Crippen molar-refractivity contribution < 1.29 is 17.6 Å². The fraction of sp³-hybridized carbons (Fsp3) is 0.294. The van der Waals surface area contributed by atoms with Crippen molar-refractivity contribution in [2.75, 3.05) is 0 Å². The first kappa shape index (κ1) is 14.1. The van der Waals surface area contributed by atoms with Crippen molar-refractivity contribution in [3.05, 3.63) is 70.0 Å². The maximum atomic E-state index is 13.2. The second-order valence-electron chi connectivity index (χ2n) is 5.38. The van der Waals surface area contributed by atoms with Gasteiger partial charge in [0.25, 0.3) is 0 Å². The second kappa shape index (κ2) is 5.17. The molecule has 0 unspecified atom stereocenters. The molecule has 0 radical (unpaired) electrons. The van der Waals surface area contributed by atoms with Crippen molar-refractivity contribution >= 4 is 0 Å². The van der Waals surface area contributed by atoms with Gasteiger partial charge >= 0.3 is 6.18 Å². The van der Waals surface area contributed by atoms with E-state index in [0.717, 1.165) is 24.0 Å². The fourth-order valence-electron chi connectivity index (χ4n) is 3.02. The van der Waals surface area contributed by atoms with Crippen LogP contribution in [0.5, 0.6) is 0 Å². The van der Waals surface area contributed by atoms with Crippen LogP contribution in [0.3, 0.4) is 0 Å². The molecule has 1 aliphatic carbocycles. The number of aryl methyl sites for hydroxylation is 1. The van der Waals surface area contributed by atoms with Crippen LogP contribution in [0.25, 0.3) is 0 Å². The van der Waals surface area contributed by atoms with Gasteiger partial charge in [-0.2, -0.15) is 13.2 Å². The predicted molar refractivity (Wildman–Crippen MR) is 72.7 cm³/mol. The lowest BCUT2D eigenvalue weighted by Gasteiger charge is -2.17. The summed E-state index contributed by atoms with van der Waals surface area (Å²) in [4.78, 5) is 0. The molecule has 110 valence electrons. The molecule has 0 N–H and O–H groups in total. The van der Waals surface area contributed by atoms with Gasteiger partial charge in [0.1, 0.15) is 5.82 Å². The monoisotopic (exact) mass is 294 g/mol. The topological polar surface area (TPSA) is 0 Å². The normalized spacial score (nSPS) is 14.3. The molecule has 0 bridgehead atoms. The molecule has 0 saturated carbocycles. The number of alkyl halides is 3. The number of hydrogen-bond acceptors (Lipinski definition) is 0. The average Bonchev–Trinajstić information content (AvgIpc) is 2.89. The van der Waals surface area contributed by atoms with Crippen molar-refractivity contribution in [1.29, 1.82) is 0 Å². The van der Waals surface area contributed by atoms with Gasteiger partial charge in [-0.05, 0) is 66.1 Å². The van der Waals surface area contributed by atoms with E-state index >= 15 is 0 Å². The molecule has 0 saturated heterocycles. The summed E-state index contributed by atoms with van der Waals surface area (Å²) in [5.41, 5.74) is 2.33. The minimum absolute atomic E-state index is 0.193. The summed E-state index contributed by atoms with van der Waals surface area (Å²) in [7, 11) is 0. The van der Waals surface area contributed by atoms with E-state index in [4.69, 9.17) is 0 Å². The van der Waals surface area contributed by atoms with E-state index < -0.39 is 11.7 Å². The molecule has 0 spiro atoms. The zero-order valence-electron chi connectivity index (χ0n) is 11.3. The first-order chi connectivity index (χ1) is 9.95. The summed E-state index contributed by atoms with van der Waals surface area (Å²) in [6.07, 6.45) is -1.74. The number of rotatable bonds is 2. The van der Waals surface area contributed by atoms with Gasteiger partial charge < -0.3 is 0 Å². The van der Waals surface area contributed by atoms with Gasteiger partial charge in [0.05, 0.1) is 5.56 Å². The van der Waals surface area contributed by atoms with E-state index in [2.05, 4.69) is 0 Å². The lowest BCUT2D eigenvalue weighted by molar-refractivity contribution is -0.138. The van der Waals surface area contributed by atoms with Crippen LogP contribution in [-0.4, -0.2) is 0 Å². The lowest BCUT2D eigenvalue weighted by Crippen LogP contribution is -2.12. The summed E-state index contributed by atoms with van der Waals surface area (Å²) in [5, 5.41) is 0. The molecule has 0 aliphatic heterocycles. The van der Waals surface area contributed by atoms with Crippen molar-refractivity contribution in [3.8, 4) is 0 Å².